The second-order valence-electron chi connectivity index (χ2n) is 6.18. The fourth-order valence-electron chi connectivity index (χ4n) is 2.89. The number of hydrogen-bond acceptors (Lipinski definition) is 3. The summed E-state index contributed by atoms with van der Waals surface area (Å²) in [6, 6.07) is 15.3. The van der Waals surface area contributed by atoms with Crippen molar-refractivity contribution in [2.45, 2.75) is 13.1 Å². The summed E-state index contributed by atoms with van der Waals surface area (Å²) in [5.74, 6) is 2.89. The number of benzene rings is 2. The highest BCUT2D eigenvalue weighted by molar-refractivity contribution is 14.0. The minimum atomic E-state index is -0.223. The average molecular weight is 500 g/mol. The molecule has 0 amide bonds. The highest BCUT2D eigenvalue weighted by atomic mass is 127. The van der Waals surface area contributed by atoms with Crippen LogP contribution in [0, 0.1) is 5.82 Å². The zero-order chi connectivity index (χ0) is 18.2. The van der Waals surface area contributed by atoms with Gasteiger partial charge < -0.3 is 15.5 Å². The minimum Gasteiger partial charge on any atom is -0.370 e. The molecule has 4 nitrogen and oxygen atoms in total. The van der Waals surface area contributed by atoms with Crippen LogP contribution >= 0.6 is 35.7 Å². The van der Waals surface area contributed by atoms with Crippen molar-refractivity contribution in [3.8, 4) is 0 Å². The summed E-state index contributed by atoms with van der Waals surface area (Å²) in [6.45, 7) is 3.47. The summed E-state index contributed by atoms with van der Waals surface area (Å²) in [5.41, 5.74) is 3.38. The van der Waals surface area contributed by atoms with E-state index in [1.165, 1.54) is 34.9 Å². The Balaban J connectivity index is 0.00000261. The lowest BCUT2D eigenvalue weighted by molar-refractivity contribution is 0.624. The SMILES string of the molecule is CN=C(NCc1ccc(N2CCSCC2)cc1)NCc1cccc(F)c1.I. The summed E-state index contributed by atoms with van der Waals surface area (Å²) >= 11 is 2.02. The van der Waals surface area contributed by atoms with E-state index in [4.69, 9.17) is 0 Å². The fourth-order valence-corrected chi connectivity index (χ4v) is 3.79. The molecule has 7 heteroatoms. The maximum atomic E-state index is 13.2. The first-order valence-electron chi connectivity index (χ1n) is 8.85. The zero-order valence-corrected chi connectivity index (χ0v) is 18.6. The van der Waals surface area contributed by atoms with Gasteiger partial charge in [0.05, 0.1) is 0 Å². The first-order chi connectivity index (χ1) is 12.7. The second kappa shape index (κ2) is 11.4. The summed E-state index contributed by atoms with van der Waals surface area (Å²) in [4.78, 5) is 6.66. The van der Waals surface area contributed by atoms with Crippen LogP contribution in [0.3, 0.4) is 0 Å². The molecule has 0 saturated carbocycles. The van der Waals surface area contributed by atoms with Crippen LogP contribution in [0.25, 0.3) is 0 Å². The van der Waals surface area contributed by atoms with E-state index in [0.29, 0.717) is 19.0 Å². The van der Waals surface area contributed by atoms with Crippen molar-refractivity contribution in [3.63, 3.8) is 0 Å². The molecular formula is C20H26FIN4S. The molecule has 2 aromatic carbocycles. The Morgan fingerprint density at radius 3 is 2.33 bits per heavy atom. The molecule has 0 spiro atoms. The number of rotatable bonds is 5. The highest BCUT2D eigenvalue weighted by Gasteiger charge is 2.10. The number of nitrogens with zero attached hydrogens (tertiary/aromatic N) is 2. The van der Waals surface area contributed by atoms with E-state index in [0.717, 1.165) is 18.7 Å². The molecule has 1 fully saturated rings. The van der Waals surface area contributed by atoms with Crippen molar-refractivity contribution in [1.29, 1.82) is 0 Å². The summed E-state index contributed by atoms with van der Waals surface area (Å²) in [5, 5.41) is 6.51. The van der Waals surface area contributed by atoms with Crippen molar-refractivity contribution in [2.75, 3.05) is 36.5 Å². The molecule has 0 aromatic heterocycles. The second-order valence-corrected chi connectivity index (χ2v) is 7.40. The third-order valence-electron chi connectivity index (χ3n) is 4.35. The lowest BCUT2D eigenvalue weighted by atomic mass is 10.2. The number of nitrogens with one attached hydrogen (secondary N) is 2. The van der Waals surface area contributed by atoms with Crippen LogP contribution in [0.5, 0.6) is 0 Å². The van der Waals surface area contributed by atoms with Gasteiger partial charge in [-0.05, 0) is 35.4 Å². The zero-order valence-electron chi connectivity index (χ0n) is 15.5. The van der Waals surface area contributed by atoms with E-state index in [9.17, 15) is 4.39 Å². The standard InChI is InChI=1S/C20H25FN4S.HI/c1-22-20(24-15-17-3-2-4-18(21)13-17)23-14-16-5-7-19(8-6-16)25-9-11-26-12-10-25;/h2-8,13H,9-12,14-15H2,1H3,(H2,22,23,24);1H. The van der Waals surface area contributed by atoms with Crippen LogP contribution in [0.1, 0.15) is 11.1 Å². The number of guanidine groups is 1. The normalized spacial score (nSPS) is 14.4. The molecule has 1 aliphatic rings. The predicted molar refractivity (Wildman–Crippen MR) is 125 cm³/mol. The molecule has 3 rings (SSSR count). The molecule has 0 unspecified atom stereocenters. The Morgan fingerprint density at radius 2 is 1.70 bits per heavy atom. The largest absolute Gasteiger partial charge is 0.370 e. The van der Waals surface area contributed by atoms with Crippen LogP contribution in [0.4, 0.5) is 10.1 Å². The minimum absolute atomic E-state index is 0. The summed E-state index contributed by atoms with van der Waals surface area (Å²) in [7, 11) is 1.73. The molecule has 27 heavy (non-hydrogen) atoms. The lowest BCUT2D eigenvalue weighted by Gasteiger charge is -2.28. The van der Waals surface area contributed by atoms with Crippen molar-refractivity contribution in [3.05, 3.63) is 65.5 Å². The van der Waals surface area contributed by atoms with Gasteiger partial charge in [-0.2, -0.15) is 11.8 Å². The number of anilines is 1. The Bertz CT molecular complexity index is 733. The van der Waals surface area contributed by atoms with Gasteiger partial charge in [0.1, 0.15) is 5.82 Å². The van der Waals surface area contributed by atoms with Gasteiger partial charge >= 0.3 is 0 Å². The van der Waals surface area contributed by atoms with E-state index < -0.39 is 0 Å². The van der Waals surface area contributed by atoms with Crippen LogP contribution in [-0.4, -0.2) is 37.6 Å². The molecule has 1 saturated heterocycles. The predicted octanol–water partition coefficient (Wildman–Crippen LogP) is 3.86. The summed E-state index contributed by atoms with van der Waals surface area (Å²) in [6.07, 6.45) is 0. The first kappa shape index (κ1) is 21.8. The Morgan fingerprint density at radius 1 is 1.04 bits per heavy atom. The number of thioether (sulfide) groups is 1. The lowest BCUT2D eigenvalue weighted by Crippen LogP contribution is -2.36. The fraction of sp³-hybridized carbons (Fsp3) is 0.350. The van der Waals surface area contributed by atoms with Gasteiger partial charge in [0, 0.05) is 50.4 Å². The van der Waals surface area contributed by atoms with Gasteiger partial charge in [0.15, 0.2) is 5.96 Å². The van der Waals surface area contributed by atoms with Gasteiger partial charge in [-0.1, -0.05) is 24.3 Å². The van der Waals surface area contributed by atoms with Gasteiger partial charge in [0.2, 0.25) is 0 Å². The topological polar surface area (TPSA) is 39.7 Å². The third kappa shape index (κ3) is 6.88. The quantitative estimate of drug-likeness (QED) is 0.372. The van der Waals surface area contributed by atoms with E-state index >= 15 is 0 Å². The van der Waals surface area contributed by atoms with Crippen molar-refractivity contribution >= 4 is 47.4 Å². The maximum absolute atomic E-state index is 13.2. The number of hydrogen-bond donors (Lipinski definition) is 2. The molecule has 0 atom stereocenters. The molecule has 2 aromatic rings. The molecule has 0 aliphatic carbocycles. The number of halogens is 2. The summed E-state index contributed by atoms with van der Waals surface area (Å²) < 4.78 is 13.2. The van der Waals surface area contributed by atoms with Crippen LogP contribution in [-0.2, 0) is 13.1 Å². The van der Waals surface area contributed by atoms with E-state index in [-0.39, 0.29) is 29.8 Å². The monoisotopic (exact) mass is 500 g/mol. The Kier molecular flexibility index (Phi) is 9.20. The molecule has 146 valence electrons. The van der Waals surface area contributed by atoms with Crippen LogP contribution < -0.4 is 15.5 Å². The van der Waals surface area contributed by atoms with E-state index in [1.54, 1.807) is 13.1 Å². The van der Waals surface area contributed by atoms with E-state index in [1.807, 2.05) is 17.8 Å². The first-order valence-corrected chi connectivity index (χ1v) is 10.0. The van der Waals surface area contributed by atoms with Gasteiger partial charge in [-0.25, -0.2) is 4.39 Å². The Labute approximate surface area is 182 Å². The van der Waals surface area contributed by atoms with Gasteiger partial charge in [-0.15, -0.1) is 24.0 Å². The number of aliphatic imine (C=N–C) groups is 1. The molecule has 0 radical (unpaired) electrons. The molecule has 1 aliphatic heterocycles. The third-order valence-corrected chi connectivity index (χ3v) is 5.29. The average Bonchev–Trinajstić information content (AvgIpc) is 2.69. The van der Waals surface area contributed by atoms with Crippen molar-refractivity contribution in [2.24, 2.45) is 4.99 Å². The molecule has 1 heterocycles. The molecular weight excluding hydrogens is 474 g/mol. The van der Waals surface area contributed by atoms with Gasteiger partial charge in [0.25, 0.3) is 0 Å². The Hall–Kier alpha value is -1.48. The smallest absolute Gasteiger partial charge is 0.191 e. The van der Waals surface area contributed by atoms with E-state index in [2.05, 4.69) is 44.8 Å². The van der Waals surface area contributed by atoms with Crippen LogP contribution in [0.15, 0.2) is 53.5 Å². The maximum Gasteiger partial charge on any atom is 0.191 e. The van der Waals surface area contributed by atoms with Crippen LogP contribution in [0.2, 0.25) is 0 Å². The van der Waals surface area contributed by atoms with Crippen molar-refractivity contribution in [1.82, 2.24) is 10.6 Å². The molecule has 2 N–H and O–H groups in total. The van der Waals surface area contributed by atoms with Crippen molar-refractivity contribution < 1.29 is 4.39 Å². The van der Waals surface area contributed by atoms with Gasteiger partial charge in [-0.3, -0.25) is 4.99 Å². The molecule has 0 bridgehead atoms. The highest BCUT2D eigenvalue weighted by Crippen LogP contribution is 2.19.